The fourth-order valence-electron chi connectivity index (χ4n) is 1.86. The van der Waals surface area contributed by atoms with Crippen molar-refractivity contribution in [2.24, 2.45) is 0 Å². The normalized spacial score (nSPS) is 17.6. The minimum atomic E-state index is -1.23. The van der Waals surface area contributed by atoms with Gasteiger partial charge >= 0.3 is 0 Å². The predicted molar refractivity (Wildman–Crippen MR) is 64.0 cm³/mol. The first kappa shape index (κ1) is 12.5. The maximum atomic E-state index is 11.9. The van der Waals surface area contributed by atoms with Crippen LogP contribution in [0.4, 0.5) is 0 Å². The molecule has 0 bridgehead atoms. The molecule has 5 heteroatoms. The lowest BCUT2D eigenvalue weighted by molar-refractivity contribution is 0.0221. The fraction of sp³-hybridized carbons (Fsp3) is 0.231. The molecule has 1 aromatic rings. The van der Waals surface area contributed by atoms with E-state index in [9.17, 15) is 19.8 Å². The van der Waals surface area contributed by atoms with Crippen LogP contribution in [-0.2, 0) is 0 Å². The van der Waals surface area contributed by atoms with Gasteiger partial charge in [0, 0.05) is 0 Å². The van der Waals surface area contributed by atoms with E-state index in [2.05, 4.69) is 6.58 Å². The average Bonchev–Trinajstić information content (AvgIpc) is 2.63. The quantitative estimate of drug-likeness (QED) is 0.588. The van der Waals surface area contributed by atoms with Crippen LogP contribution < -0.4 is 0 Å². The third kappa shape index (κ3) is 1.94. The molecule has 1 aliphatic heterocycles. The molecular formula is C13H13NO4. The fourth-order valence-corrected chi connectivity index (χ4v) is 1.86. The van der Waals surface area contributed by atoms with Gasteiger partial charge in [0.1, 0.15) is 6.10 Å². The molecule has 0 saturated heterocycles. The van der Waals surface area contributed by atoms with Gasteiger partial charge in [-0.1, -0.05) is 18.2 Å². The van der Waals surface area contributed by atoms with Crippen molar-refractivity contribution in [1.82, 2.24) is 4.90 Å². The first-order chi connectivity index (χ1) is 8.56. The Labute approximate surface area is 104 Å². The standard InChI is InChI=1S/C13H13NO4/c1-2-10(15)11(16)7-14-12(17)8-5-3-4-6-9(8)13(14)18/h2-6,10-11,15-16H,1,7H2/t10-,11-/m1/s1. The van der Waals surface area contributed by atoms with Crippen LogP contribution in [0.3, 0.4) is 0 Å². The molecular weight excluding hydrogens is 234 g/mol. The molecule has 0 aliphatic carbocycles. The van der Waals surface area contributed by atoms with E-state index in [1.807, 2.05) is 0 Å². The van der Waals surface area contributed by atoms with Gasteiger partial charge in [-0.3, -0.25) is 14.5 Å². The van der Waals surface area contributed by atoms with Crippen molar-refractivity contribution in [3.8, 4) is 0 Å². The zero-order valence-corrected chi connectivity index (χ0v) is 9.61. The van der Waals surface area contributed by atoms with E-state index in [0.717, 1.165) is 11.0 Å². The summed E-state index contributed by atoms with van der Waals surface area (Å²) in [6.07, 6.45) is -1.25. The number of fused-ring (bicyclic) bond motifs is 1. The molecule has 2 rings (SSSR count). The molecule has 1 aromatic carbocycles. The molecule has 1 aliphatic rings. The van der Waals surface area contributed by atoms with Crippen LogP contribution in [0.15, 0.2) is 36.9 Å². The van der Waals surface area contributed by atoms with Crippen LogP contribution in [0, 0.1) is 0 Å². The number of imide groups is 1. The Balaban J connectivity index is 2.21. The van der Waals surface area contributed by atoms with E-state index in [1.54, 1.807) is 24.3 Å². The number of nitrogens with zero attached hydrogens (tertiary/aromatic N) is 1. The van der Waals surface area contributed by atoms with Gasteiger partial charge in [-0.2, -0.15) is 0 Å². The van der Waals surface area contributed by atoms with Gasteiger partial charge in [-0.05, 0) is 12.1 Å². The van der Waals surface area contributed by atoms with E-state index >= 15 is 0 Å². The van der Waals surface area contributed by atoms with Gasteiger partial charge in [0.15, 0.2) is 0 Å². The molecule has 5 nitrogen and oxygen atoms in total. The van der Waals surface area contributed by atoms with Gasteiger partial charge in [-0.15, -0.1) is 6.58 Å². The summed E-state index contributed by atoms with van der Waals surface area (Å²) in [6, 6.07) is 6.46. The van der Waals surface area contributed by atoms with Crippen LogP contribution in [-0.4, -0.2) is 45.7 Å². The lowest BCUT2D eigenvalue weighted by Crippen LogP contribution is -2.41. The second-order valence-electron chi connectivity index (χ2n) is 4.06. The Morgan fingerprint density at radius 2 is 1.67 bits per heavy atom. The molecule has 94 valence electrons. The largest absolute Gasteiger partial charge is 0.388 e. The Kier molecular flexibility index (Phi) is 3.27. The Hall–Kier alpha value is -1.98. The van der Waals surface area contributed by atoms with Crippen molar-refractivity contribution in [3.05, 3.63) is 48.0 Å². The van der Waals surface area contributed by atoms with E-state index in [0.29, 0.717) is 11.1 Å². The smallest absolute Gasteiger partial charge is 0.261 e. The lowest BCUT2D eigenvalue weighted by Gasteiger charge is -2.20. The second-order valence-corrected chi connectivity index (χ2v) is 4.06. The minimum Gasteiger partial charge on any atom is -0.388 e. The van der Waals surface area contributed by atoms with E-state index in [1.165, 1.54) is 0 Å². The molecule has 0 saturated carbocycles. The monoisotopic (exact) mass is 247 g/mol. The summed E-state index contributed by atoms with van der Waals surface area (Å²) in [5.74, 6) is -0.906. The Morgan fingerprint density at radius 3 is 2.11 bits per heavy atom. The summed E-state index contributed by atoms with van der Waals surface area (Å²) in [7, 11) is 0. The van der Waals surface area contributed by atoms with E-state index < -0.39 is 24.0 Å². The summed E-state index contributed by atoms with van der Waals surface area (Å²) in [6.45, 7) is 3.08. The number of carbonyl (C=O) groups is 2. The average molecular weight is 247 g/mol. The van der Waals surface area contributed by atoms with Crippen molar-refractivity contribution in [3.63, 3.8) is 0 Å². The number of rotatable bonds is 4. The highest BCUT2D eigenvalue weighted by atomic mass is 16.3. The zero-order valence-electron chi connectivity index (χ0n) is 9.61. The lowest BCUT2D eigenvalue weighted by atomic mass is 10.1. The topological polar surface area (TPSA) is 77.8 Å². The molecule has 2 atom stereocenters. The van der Waals surface area contributed by atoms with Crippen LogP contribution in [0.5, 0.6) is 0 Å². The molecule has 0 spiro atoms. The van der Waals surface area contributed by atoms with Gasteiger partial charge in [0.2, 0.25) is 0 Å². The van der Waals surface area contributed by atoms with Crippen molar-refractivity contribution in [1.29, 1.82) is 0 Å². The third-order valence-electron chi connectivity index (χ3n) is 2.88. The molecule has 0 unspecified atom stereocenters. The summed E-state index contributed by atoms with van der Waals surface area (Å²) in [5.41, 5.74) is 0.644. The summed E-state index contributed by atoms with van der Waals surface area (Å²) in [5, 5.41) is 19.0. The summed E-state index contributed by atoms with van der Waals surface area (Å²) >= 11 is 0. The number of hydrogen-bond donors (Lipinski definition) is 2. The molecule has 2 N–H and O–H groups in total. The van der Waals surface area contributed by atoms with E-state index in [4.69, 9.17) is 0 Å². The molecule has 2 amide bonds. The Bertz CT molecular complexity index is 476. The van der Waals surface area contributed by atoms with Crippen LogP contribution in [0.25, 0.3) is 0 Å². The van der Waals surface area contributed by atoms with Crippen LogP contribution in [0.2, 0.25) is 0 Å². The maximum Gasteiger partial charge on any atom is 0.261 e. The number of amides is 2. The predicted octanol–water partition coefficient (Wildman–Crippen LogP) is 0.190. The second kappa shape index (κ2) is 4.72. The highest BCUT2D eigenvalue weighted by Gasteiger charge is 2.36. The summed E-state index contributed by atoms with van der Waals surface area (Å²) < 4.78 is 0. The van der Waals surface area contributed by atoms with Crippen molar-refractivity contribution < 1.29 is 19.8 Å². The van der Waals surface area contributed by atoms with Crippen molar-refractivity contribution in [2.45, 2.75) is 12.2 Å². The van der Waals surface area contributed by atoms with Crippen molar-refractivity contribution >= 4 is 11.8 Å². The van der Waals surface area contributed by atoms with Crippen LogP contribution in [0.1, 0.15) is 20.7 Å². The molecule has 1 heterocycles. The van der Waals surface area contributed by atoms with Gasteiger partial charge in [-0.25, -0.2) is 0 Å². The van der Waals surface area contributed by atoms with Crippen LogP contribution >= 0.6 is 0 Å². The summed E-state index contributed by atoms with van der Waals surface area (Å²) in [4.78, 5) is 24.8. The highest BCUT2D eigenvalue weighted by Crippen LogP contribution is 2.22. The SMILES string of the molecule is C=C[C@@H](O)[C@H](O)CN1C(=O)c2ccccc2C1=O. The molecule has 18 heavy (non-hydrogen) atoms. The number of β-amino-alcohol motifs (C(OH)–C–C–N with tert-alkyl or cyclic N) is 1. The highest BCUT2D eigenvalue weighted by molar-refractivity contribution is 6.21. The molecule has 0 radical (unpaired) electrons. The van der Waals surface area contributed by atoms with Gasteiger partial charge in [0.25, 0.3) is 11.8 Å². The number of benzene rings is 1. The molecule has 0 fully saturated rings. The number of aliphatic hydroxyl groups is 2. The first-order valence-electron chi connectivity index (χ1n) is 5.50. The Morgan fingerprint density at radius 1 is 1.17 bits per heavy atom. The zero-order chi connectivity index (χ0) is 13.3. The maximum absolute atomic E-state index is 11.9. The third-order valence-corrected chi connectivity index (χ3v) is 2.88. The van der Waals surface area contributed by atoms with Gasteiger partial charge in [0.05, 0.1) is 23.8 Å². The number of carbonyl (C=O) groups excluding carboxylic acids is 2. The molecule has 0 aromatic heterocycles. The number of aliphatic hydroxyl groups excluding tert-OH is 2. The van der Waals surface area contributed by atoms with Gasteiger partial charge < -0.3 is 10.2 Å². The van der Waals surface area contributed by atoms with Crippen molar-refractivity contribution in [2.75, 3.05) is 6.54 Å². The first-order valence-corrected chi connectivity index (χ1v) is 5.50. The number of hydrogen-bond acceptors (Lipinski definition) is 4. The minimum absolute atomic E-state index is 0.250. The van der Waals surface area contributed by atoms with E-state index in [-0.39, 0.29) is 6.54 Å².